The number of ether oxygens (including phenoxy) is 2. The molecule has 0 amide bonds. The van der Waals surface area contributed by atoms with Gasteiger partial charge in [-0.2, -0.15) is 0 Å². The van der Waals surface area contributed by atoms with E-state index in [1.165, 1.54) is 12.3 Å². The van der Waals surface area contributed by atoms with E-state index in [0.717, 1.165) is 0 Å². The number of para-hydroxylation sites is 1. The van der Waals surface area contributed by atoms with Crippen LogP contribution in [-0.2, 0) is 0 Å². The highest BCUT2D eigenvalue weighted by Crippen LogP contribution is 2.42. The van der Waals surface area contributed by atoms with Crippen LogP contribution in [0.3, 0.4) is 0 Å². The summed E-state index contributed by atoms with van der Waals surface area (Å²) in [5.41, 5.74) is 0.893. The van der Waals surface area contributed by atoms with Crippen LogP contribution in [0.25, 0.3) is 0 Å². The number of rotatable bonds is 2. The highest BCUT2D eigenvalue weighted by Gasteiger charge is 2.29. The van der Waals surface area contributed by atoms with Crippen LogP contribution in [0.4, 0.5) is 4.39 Å². The molecule has 19 heavy (non-hydrogen) atoms. The van der Waals surface area contributed by atoms with Crippen molar-refractivity contribution in [3.63, 3.8) is 0 Å². The molecular weight excluding hydrogens is 249 g/mol. The van der Waals surface area contributed by atoms with Gasteiger partial charge in [0.2, 0.25) is 0 Å². The third-order valence-corrected chi connectivity index (χ3v) is 2.82. The molecule has 0 saturated heterocycles. The Kier molecular flexibility index (Phi) is 2.79. The standard InChI is InChI=1S/C14H10FNO3/c15-11-6-2-1-5-10(11)14-18-12-7-3-4-9(8-16-17)13(12)19-14/h1-8,14,17H/b16-8+/t14-/m0/s1. The normalized spacial score (nSPS) is 17.0. The molecule has 0 unspecified atom stereocenters. The molecule has 2 aromatic rings. The summed E-state index contributed by atoms with van der Waals surface area (Å²) in [6.45, 7) is 0. The van der Waals surface area contributed by atoms with Crippen molar-refractivity contribution in [3.05, 3.63) is 59.4 Å². The van der Waals surface area contributed by atoms with E-state index >= 15 is 0 Å². The van der Waals surface area contributed by atoms with Crippen molar-refractivity contribution in [2.75, 3.05) is 0 Å². The Morgan fingerprint density at radius 1 is 1.11 bits per heavy atom. The Balaban J connectivity index is 1.97. The average molecular weight is 259 g/mol. The Morgan fingerprint density at radius 3 is 2.74 bits per heavy atom. The molecule has 0 saturated carbocycles. The highest BCUT2D eigenvalue weighted by atomic mass is 19.1. The van der Waals surface area contributed by atoms with Gasteiger partial charge in [0.15, 0.2) is 11.5 Å². The lowest BCUT2D eigenvalue weighted by atomic mass is 10.2. The van der Waals surface area contributed by atoms with E-state index in [1.54, 1.807) is 36.4 Å². The van der Waals surface area contributed by atoms with Gasteiger partial charge in [-0.3, -0.25) is 0 Å². The van der Waals surface area contributed by atoms with Crippen LogP contribution in [0.1, 0.15) is 17.4 Å². The number of nitrogens with zero attached hydrogens (tertiary/aromatic N) is 1. The van der Waals surface area contributed by atoms with Crippen molar-refractivity contribution in [1.82, 2.24) is 0 Å². The molecule has 3 rings (SSSR count). The number of fused-ring (bicyclic) bond motifs is 1. The molecule has 1 atom stereocenters. The molecule has 1 aliphatic heterocycles. The fourth-order valence-corrected chi connectivity index (χ4v) is 1.96. The average Bonchev–Trinajstić information content (AvgIpc) is 2.84. The van der Waals surface area contributed by atoms with E-state index in [4.69, 9.17) is 14.7 Å². The number of benzene rings is 2. The van der Waals surface area contributed by atoms with Crippen LogP contribution >= 0.6 is 0 Å². The van der Waals surface area contributed by atoms with Crippen LogP contribution in [0.2, 0.25) is 0 Å². The molecule has 0 fully saturated rings. The van der Waals surface area contributed by atoms with Gasteiger partial charge in [0.1, 0.15) is 5.82 Å². The maximum Gasteiger partial charge on any atom is 0.270 e. The van der Waals surface area contributed by atoms with Crippen molar-refractivity contribution < 1.29 is 19.1 Å². The van der Waals surface area contributed by atoms with Gasteiger partial charge < -0.3 is 14.7 Å². The topological polar surface area (TPSA) is 51.1 Å². The molecule has 4 nitrogen and oxygen atoms in total. The first-order valence-corrected chi connectivity index (χ1v) is 5.68. The van der Waals surface area contributed by atoms with Gasteiger partial charge in [-0.05, 0) is 24.3 Å². The summed E-state index contributed by atoms with van der Waals surface area (Å²) >= 11 is 0. The SMILES string of the molecule is O/N=C/c1cccc2c1O[C@@H](c1ccccc1F)O2. The molecule has 1 N–H and O–H groups in total. The second kappa shape index (κ2) is 4.61. The molecule has 0 aliphatic carbocycles. The summed E-state index contributed by atoms with van der Waals surface area (Å²) in [5.74, 6) is 0.539. The summed E-state index contributed by atoms with van der Waals surface area (Å²) < 4.78 is 24.8. The third kappa shape index (κ3) is 1.99. The van der Waals surface area contributed by atoms with Crippen LogP contribution in [0.5, 0.6) is 11.5 Å². The molecule has 0 bridgehead atoms. The van der Waals surface area contributed by atoms with E-state index in [0.29, 0.717) is 22.6 Å². The lowest BCUT2D eigenvalue weighted by Crippen LogP contribution is -2.10. The second-order valence-electron chi connectivity index (χ2n) is 4.01. The van der Waals surface area contributed by atoms with E-state index in [-0.39, 0.29) is 0 Å². The number of hydrogen-bond donors (Lipinski definition) is 1. The maximum atomic E-state index is 13.7. The number of hydrogen-bond acceptors (Lipinski definition) is 4. The monoisotopic (exact) mass is 259 g/mol. The summed E-state index contributed by atoms with van der Waals surface area (Å²) in [6.07, 6.45) is 0.413. The minimum atomic E-state index is -0.829. The van der Waals surface area contributed by atoms with Gasteiger partial charge in [-0.1, -0.05) is 23.4 Å². The first-order valence-electron chi connectivity index (χ1n) is 5.68. The van der Waals surface area contributed by atoms with E-state index in [2.05, 4.69) is 5.16 Å². The van der Waals surface area contributed by atoms with Crippen LogP contribution in [0.15, 0.2) is 47.6 Å². The smallest absolute Gasteiger partial charge is 0.270 e. The zero-order chi connectivity index (χ0) is 13.2. The quantitative estimate of drug-likeness (QED) is 0.512. The summed E-state index contributed by atoms with van der Waals surface area (Å²) in [6, 6.07) is 11.4. The summed E-state index contributed by atoms with van der Waals surface area (Å²) in [5, 5.41) is 11.6. The van der Waals surface area contributed by atoms with Crippen molar-refractivity contribution in [1.29, 1.82) is 0 Å². The van der Waals surface area contributed by atoms with Gasteiger partial charge >= 0.3 is 0 Å². The first kappa shape index (κ1) is 11.5. The predicted molar refractivity (Wildman–Crippen MR) is 66.2 cm³/mol. The van der Waals surface area contributed by atoms with Gasteiger partial charge in [0.05, 0.1) is 11.8 Å². The Morgan fingerprint density at radius 2 is 1.95 bits per heavy atom. The Labute approximate surface area is 108 Å². The lowest BCUT2D eigenvalue weighted by Gasteiger charge is -2.11. The fourth-order valence-electron chi connectivity index (χ4n) is 1.96. The highest BCUT2D eigenvalue weighted by molar-refractivity contribution is 5.84. The first-order chi connectivity index (χ1) is 9.29. The van der Waals surface area contributed by atoms with Gasteiger partial charge in [-0.25, -0.2) is 4.39 Å². The molecule has 5 heteroatoms. The van der Waals surface area contributed by atoms with Crippen molar-refractivity contribution in [2.45, 2.75) is 6.29 Å². The molecule has 2 aromatic carbocycles. The zero-order valence-corrected chi connectivity index (χ0v) is 9.79. The molecular formula is C14H10FNO3. The predicted octanol–water partition coefficient (Wildman–Crippen LogP) is 3.10. The minimum Gasteiger partial charge on any atom is -0.447 e. The largest absolute Gasteiger partial charge is 0.447 e. The van der Waals surface area contributed by atoms with E-state index < -0.39 is 12.1 Å². The van der Waals surface area contributed by atoms with E-state index in [1.807, 2.05) is 0 Å². The fraction of sp³-hybridized carbons (Fsp3) is 0.0714. The van der Waals surface area contributed by atoms with Gasteiger partial charge in [-0.15, -0.1) is 0 Å². The number of halogens is 1. The van der Waals surface area contributed by atoms with Gasteiger partial charge in [0.25, 0.3) is 6.29 Å². The van der Waals surface area contributed by atoms with Crippen LogP contribution in [0, 0.1) is 5.82 Å². The third-order valence-electron chi connectivity index (χ3n) is 2.82. The molecule has 96 valence electrons. The van der Waals surface area contributed by atoms with Crippen LogP contribution in [-0.4, -0.2) is 11.4 Å². The summed E-state index contributed by atoms with van der Waals surface area (Å²) in [7, 11) is 0. The van der Waals surface area contributed by atoms with Crippen molar-refractivity contribution >= 4 is 6.21 Å². The number of oxime groups is 1. The van der Waals surface area contributed by atoms with E-state index in [9.17, 15) is 4.39 Å². The van der Waals surface area contributed by atoms with Gasteiger partial charge in [0, 0.05) is 5.56 Å². The maximum absolute atomic E-state index is 13.7. The Hall–Kier alpha value is -2.56. The zero-order valence-electron chi connectivity index (χ0n) is 9.79. The van der Waals surface area contributed by atoms with Crippen LogP contribution < -0.4 is 9.47 Å². The minimum absolute atomic E-state index is 0.325. The molecule has 1 aliphatic rings. The molecule has 1 heterocycles. The summed E-state index contributed by atoms with van der Waals surface area (Å²) in [4.78, 5) is 0. The lowest BCUT2D eigenvalue weighted by molar-refractivity contribution is 0.0453. The molecule has 0 radical (unpaired) electrons. The molecule has 0 aromatic heterocycles. The Bertz CT molecular complexity index is 642. The second-order valence-corrected chi connectivity index (χ2v) is 4.01. The molecule has 0 spiro atoms. The van der Waals surface area contributed by atoms with Crippen molar-refractivity contribution in [2.24, 2.45) is 5.16 Å². The van der Waals surface area contributed by atoms with Crippen molar-refractivity contribution in [3.8, 4) is 11.5 Å².